The van der Waals surface area contributed by atoms with Crippen LogP contribution in [0.3, 0.4) is 0 Å². The Morgan fingerprint density at radius 3 is 2.96 bits per heavy atom. The molecule has 0 aliphatic carbocycles. The summed E-state index contributed by atoms with van der Waals surface area (Å²) in [6, 6.07) is 0. The third-order valence-corrected chi connectivity index (χ3v) is 4.21. The third kappa shape index (κ3) is 5.18. The fourth-order valence-corrected chi connectivity index (χ4v) is 2.80. The van der Waals surface area contributed by atoms with Gasteiger partial charge >= 0.3 is 0 Å². The van der Waals surface area contributed by atoms with Crippen LogP contribution in [-0.4, -0.2) is 60.2 Å². The molecule has 1 amide bonds. The lowest BCUT2D eigenvalue weighted by Crippen LogP contribution is -2.48. The maximum Gasteiger partial charge on any atom is 0.222 e. The first-order valence-electron chi connectivity index (χ1n) is 8.11. The Balaban J connectivity index is 1.94. The Labute approximate surface area is 148 Å². The molecule has 1 atom stereocenters. The normalized spacial score (nSPS) is 17.7. The maximum atomic E-state index is 12.1. The van der Waals surface area contributed by atoms with Crippen molar-refractivity contribution in [1.29, 1.82) is 0 Å². The summed E-state index contributed by atoms with van der Waals surface area (Å²) in [6.45, 7) is 10.2. The summed E-state index contributed by atoms with van der Waals surface area (Å²) in [6.07, 6.45) is 2.68. The molecule has 7 heteroatoms. The number of allylic oxidation sites excluding steroid dienone is 1. The predicted molar refractivity (Wildman–Crippen MR) is 95.3 cm³/mol. The molecule has 2 rings (SSSR count). The highest BCUT2D eigenvalue weighted by atomic mass is 35.5. The Kier molecular flexibility index (Phi) is 6.57. The zero-order valence-electron chi connectivity index (χ0n) is 14.6. The summed E-state index contributed by atoms with van der Waals surface area (Å²) in [5.41, 5.74) is 1.05. The number of amides is 1. The van der Waals surface area contributed by atoms with Gasteiger partial charge in [-0.1, -0.05) is 18.2 Å². The number of likely N-dealkylation sites (N-methyl/N-ethyl adjacent to an activating group) is 1. The first-order valence-corrected chi connectivity index (χ1v) is 8.48. The molecule has 1 aliphatic rings. The van der Waals surface area contributed by atoms with Crippen LogP contribution in [0.25, 0.3) is 0 Å². The van der Waals surface area contributed by atoms with Crippen LogP contribution < -0.4 is 4.90 Å². The molecule has 24 heavy (non-hydrogen) atoms. The number of hydrogen-bond acceptors (Lipinski definition) is 5. The van der Waals surface area contributed by atoms with Gasteiger partial charge in [0.15, 0.2) is 0 Å². The first-order chi connectivity index (χ1) is 11.4. The smallest absolute Gasteiger partial charge is 0.222 e. The molecular formula is C17H25ClN4O2. The lowest BCUT2D eigenvalue weighted by molar-refractivity contribution is -0.131. The van der Waals surface area contributed by atoms with E-state index in [4.69, 9.17) is 16.3 Å². The molecule has 6 nitrogen and oxygen atoms in total. The van der Waals surface area contributed by atoms with E-state index in [9.17, 15) is 4.79 Å². The second-order valence-corrected chi connectivity index (χ2v) is 6.69. The quantitative estimate of drug-likeness (QED) is 0.786. The molecule has 1 aromatic heterocycles. The van der Waals surface area contributed by atoms with Crippen LogP contribution in [0, 0.1) is 13.8 Å². The molecule has 0 bridgehead atoms. The zero-order valence-corrected chi connectivity index (χ0v) is 15.3. The number of morpholine rings is 1. The highest BCUT2D eigenvalue weighted by molar-refractivity contribution is 6.29. The molecule has 132 valence electrons. The number of halogens is 1. The van der Waals surface area contributed by atoms with Crippen molar-refractivity contribution in [2.24, 2.45) is 0 Å². The largest absolute Gasteiger partial charge is 0.373 e. The van der Waals surface area contributed by atoms with Crippen molar-refractivity contribution in [2.45, 2.75) is 32.8 Å². The van der Waals surface area contributed by atoms with Gasteiger partial charge in [-0.25, -0.2) is 9.97 Å². The SMILES string of the molecule is C=C(Cl)CCC(=O)N(C)CC1CN(c2nc(C)ncc2C)CCO1. The topological polar surface area (TPSA) is 58.6 Å². The van der Waals surface area contributed by atoms with Crippen molar-refractivity contribution >= 4 is 23.3 Å². The van der Waals surface area contributed by atoms with Gasteiger partial charge in [0, 0.05) is 49.9 Å². The van der Waals surface area contributed by atoms with Crippen LogP contribution in [0.15, 0.2) is 17.8 Å². The number of carbonyl (C=O) groups is 1. The van der Waals surface area contributed by atoms with Gasteiger partial charge in [0.2, 0.25) is 5.91 Å². The van der Waals surface area contributed by atoms with Gasteiger partial charge in [0.05, 0.1) is 12.7 Å². The lowest BCUT2D eigenvalue weighted by atomic mass is 10.2. The predicted octanol–water partition coefficient (Wildman–Crippen LogP) is 2.29. The van der Waals surface area contributed by atoms with Gasteiger partial charge in [-0.05, 0) is 20.3 Å². The Morgan fingerprint density at radius 1 is 1.50 bits per heavy atom. The second kappa shape index (κ2) is 8.44. The summed E-state index contributed by atoms with van der Waals surface area (Å²) in [4.78, 5) is 24.8. The minimum Gasteiger partial charge on any atom is -0.373 e. The van der Waals surface area contributed by atoms with Gasteiger partial charge < -0.3 is 14.5 Å². The molecule has 0 N–H and O–H groups in total. The minimum atomic E-state index is -0.0402. The van der Waals surface area contributed by atoms with Crippen LogP contribution in [0.5, 0.6) is 0 Å². The molecule has 0 radical (unpaired) electrons. The highest BCUT2D eigenvalue weighted by Gasteiger charge is 2.25. The maximum absolute atomic E-state index is 12.1. The zero-order chi connectivity index (χ0) is 17.7. The third-order valence-electron chi connectivity index (χ3n) is 4.02. The second-order valence-electron chi connectivity index (χ2n) is 6.15. The monoisotopic (exact) mass is 352 g/mol. The van der Waals surface area contributed by atoms with E-state index in [0.29, 0.717) is 37.6 Å². The Hall–Kier alpha value is -1.66. The van der Waals surface area contributed by atoms with E-state index >= 15 is 0 Å². The van der Waals surface area contributed by atoms with Gasteiger partial charge in [0.1, 0.15) is 11.6 Å². The van der Waals surface area contributed by atoms with Gasteiger partial charge in [-0.2, -0.15) is 0 Å². The number of aromatic nitrogens is 2. The summed E-state index contributed by atoms with van der Waals surface area (Å²) in [5.74, 6) is 1.75. The van der Waals surface area contributed by atoms with E-state index in [1.54, 1.807) is 11.9 Å². The minimum absolute atomic E-state index is 0.0402. The standard InChI is InChI=1S/C17H25ClN4O2/c1-12-9-19-14(3)20-17(12)22-7-8-24-15(11-22)10-21(4)16(23)6-5-13(2)18/h9,15H,2,5-8,10-11H2,1,3-4H3. The number of aryl methyl sites for hydroxylation is 2. The molecule has 0 spiro atoms. The summed E-state index contributed by atoms with van der Waals surface area (Å²) >= 11 is 5.72. The molecule has 1 aliphatic heterocycles. The molecule has 2 heterocycles. The van der Waals surface area contributed by atoms with Crippen molar-refractivity contribution in [3.63, 3.8) is 0 Å². The van der Waals surface area contributed by atoms with Crippen molar-refractivity contribution in [2.75, 3.05) is 38.2 Å². The van der Waals surface area contributed by atoms with Crippen molar-refractivity contribution in [3.8, 4) is 0 Å². The van der Waals surface area contributed by atoms with Crippen LogP contribution in [-0.2, 0) is 9.53 Å². The molecule has 1 saturated heterocycles. The highest BCUT2D eigenvalue weighted by Crippen LogP contribution is 2.20. The van der Waals surface area contributed by atoms with Gasteiger partial charge in [0.25, 0.3) is 0 Å². The van der Waals surface area contributed by atoms with Crippen molar-refractivity contribution in [3.05, 3.63) is 29.2 Å². The molecule has 1 fully saturated rings. The average Bonchev–Trinajstić information content (AvgIpc) is 2.55. The van der Waals surface area contributed by atoms with E-state index in [1.165, 1.54) is 0 Å². The van der Waals surface area contributed by atoms with E-state index in [-0.39, 0.29) is 12.0 Å². The Bertz CT molecular complexity index is 608. The molecule has 1 unspecified atom stereocenters. The van der Waals surface area contributed by atoms with Crippen molar-refractivity contribution in [1.82, 2.24) is 14.9 Å². The molecule has 0 aromatic carbocycles. The first kappa shape index (κ1) is 18.7. The molecule has 0 saturated carbocycles. The van der Waals surface area contributed by atoms with Crippen LogP contribution >= 0.6 is 11.6 Å². The summed E-state index contributed by atoms with van der Waals surface area (Å²) in [5, 5.41) is 0.506. The van der Waals surface area contributed by atoms with Crippen molar-refractivity contribution < 1.29 is 9.53 Å². The van der Waals surface area contributed by atoms with E-state index in [2.05, 4.69) is 21.4 Å². The number of nitrogens with zero attached hydrogens (tertiary/aromatic N) is 4. The summed E-state index contributed by atoms with van der Waals surface area (Å²) < 4.78 is 5.82. The number of ether oxygens (including phenoxy) is 1. The number of anilines is 1. The fraction of sp³-hybridized carbons (Fsp3) is 0.588. The van der Waals surface area contributed by atoms with Crippen LogP contribution in [0.4, 0.5) is 5.82 Å². The average molecular weight is 353 g/mol. The number of carbonyl (C=O) groups excluding carboxylic acids is 1. The number of rotatable bonds is 6. The molecule has 1 aromatic rings. The van der Waals surface area contributed by atoms with Crippen LogP contribution in [0.2, 0.25) is 0 Å². The van der Waals surface area contributed by atoms with Gasteiger partial charge in [-0.3, -0.25) is 4.79 Å². The van der Waals surface area contributed by atoms with E-state index < -0.39 is 0 Å². The van der Waals surface area contributed by atoms with Gasteiger partial charge in [-0.15, -0.1) is 0 Å². The Morgan fingerprint density at radius 2 is 2.25 bits per heavy atom. The molecular weight excluding hydrogens is 328 g/mol. The summed E-state index contributed by atoms with van der Waals surface area (Å²) in [7, 11) is 1.79. The lowest BCUT2D eigenvalue weighted by Gasteiger charge is -2.36. The van der Waals surface area contributed by atoms with Crippen LogP contribution in [0.1, 0.15) is 24.2 Å². The fourth-order valence-electron chi connectivity index (χ4n) is 2.70. The number of hydrogen-bond donors (Lipinski definition) is 0. The van der Waals surface area contributed by atoms with E-state index in [0.717, 1.165) is 23.8 Å². The van der Waals surface area contributed by atoms with E-state index in [1.807, 2.05) is 20.0 Å².